The maximum absolute atomic E-state index is 12.4. The Morgan fingerprint density at radius 2 is 1.92 bits per heavy atom. The van der Waals surface area contributed by atoms with Gasteiger partial charge in [-0.05, 0) is 19.4 Å². The second-order valence-corrected chi connectivity index (χ2v) is 6.56. The van der Waals surface area contributed by atoms with Crippen LogP contribution in [0, 0.1) is 13.8 Å². The van der Waals surface area contributed by atoms with Crippen LogP contribution in [0.3, 0.4) is 0 Å². The van der Waals surface area contributed by atoms with Crippen molar-refractivity contribution in [1.82, 2.24) is 20.3 Å². The van der Waals surface area contributed by atoms with Gasteiger partial charge in [0.1, 0.15) is 5.76 Å². The number of amides is 2. The number of aromatic nitrogens is 1. The predicted molar refractivity (Wildman–Crippen MR) is 102 cm³/mol. The molecule has 2 heterocycles. The first-order chi connectivity index (χ1) is 12.6. The summed E-state index contributed by atoms with van der Waals surface area (Å²) in [7, 11) is 0. The van der Waals surface area contributed by atoms with Crippen molar-refractivity contribution in [2.75, 3.05) is 32.7 Å². The van der Waals surface area contributed by atoms with Gasteiger partial charge in [0.05, 0.1) is 5.69 Å². The molecule has 6 nitrogen and oxygen atoms in total. The topological polar surface area (TPSA) is 61.6 Å². The van der Waals surface area contributed by atoms with Crippen LogP contribution in [0.1, 0.15) is 22.6 Å². The van der Waals surface area contributed by atoms with Crippen molar-refractivity contribution in [1.29, 1.82) is 0 Å². The number of piperazine rings is 1. The number of hydrogen-bond donors (Lipinski definition) is 1. The van der Waals surface area contributed by atoms with Gasteiger partial charge in [-0.3, -0.25) is 4.90 Å². The molecule has 26 heavy (non-hydrogen) atoms. The number of hydrogen-bond acceptors (Lipinski definition) is 4. The Morgan fingerprint density at radius 1 is 1.19 bits per heavy atom. The fourth-order valence-corrected chi connectivity index (χ4v) is 3.07. The summed E-state index contributed by atoms with van der Waals surface area (Å²) in [5.74, 6) is 0.762. The number of urea groups is 1. The van der Waals surface area contributed by atoms with Crippen LogP contribution < -0.4 is 5.32 Å². The third-order valence-electron chi connectivity index (χ3n) is 4.73. The second-order valence-electron chi connectivity index (χ2n) is 6.56. The molecule has 0 spiro atoms. The minimum Gasteiger partial charge on any atom is -0.361 e. The van der Waals surface area contributed by atoms with Gasteiger partial charge in [0, 0.05) is 44.8 Å². The molecule has 2 amide bonds. The largest absolute Gasteiger partial charge is 0.361 e. The lowest BCUT2D eigenvalue weighted by Crippen LogP contribution is -2.51. The average Bonchev–Trinajstić information content (AvgIpc) is 2.99. The van der Waals surface area contributed by atoms with E-state index in [1.807, 2.05) is 36.9 Å². The van der Waals surface area contributed by atoms with Gasteiger partial charge < -0.3 is 14.7 Å². The van der Waals surface area contributed by atoms with Crippen molar-refractivity contribution in [2.24, 2.45) is 0 Å². The molecule has 6 heteroatoms. The Kier molecular flexibility index (Phi) is 6.07. The van der Waals surface area contributed by atoms with E-state index in [-0.39, 0.29) is 6.03 Å². The molecule has 1 fully saturated rings. The summed E-state index contributed by atoms with van der Waals surface area (Å²) in [5, 5.41) is 6.88. The maximum atomic E-state index is 12.4. The molecule has 1 aliphatic rings. The van der Waals surface area contributed by atoms with Crippen LogP contribution in [0.25, 0.3) is 6.08 Å². The third kappa shape index (κ3) is 4.73. The van der Waals surface area contributed by atoms with E-state index < -0.39 is 0 Å². The van der Waals surface area contributed by atoms with Crippen LogP contribution >= 0.6 is 0 Å². The summed E-state index contributed by atoms with van der Waals surface area (Å²) in [6.07, 6.45) is 4.32. The van der Waals surface area contributed by atoms with Crippen LogP contribution in [-0.2, 0) is 6.54 Å². The van der Waals surface area contributed by atoms with E-state index in [9.17, 15) is 4.79 Å². The molecule has 1 aliphatic heterocycles. The fourth-order valence-electron chi connectivity index (χ4n) is 3.07. The predicted octanol–water partition coefficient (Wildman–Crippen LogP) is 2.83. The van der Waals surface area contributed by atoms with Crippen LogP contribution in [0.15, 0.2) is 40.9 Å². The molecular weight excluding hydrogens is 328 g/mol. The SMILES string of the molecule is Cc1noc(C)c1CNC(=O)N1CCN(C/C=C/c2ccccc2)CC1. The van der Waals surface area contributed by atoms with Gasteiger partial charge in [0.2, 0.25) is 0 Å². The zero-order valence-electron chi connectivity index (χ0n) is 15.4. The molecule has 1 N–H and O–H groups in total. The van der Waals surface area contributed by atoms with Crippen molar-refractivity contribution in [3.05, 3.63) is 59.0 Å². The van der Waals surface area contributed by atoms with Crippen molar-refractivity contribution in [3.8, 4) is 0 Å². The average molecular weight is 354 g/mol. The molecule has 1 saturated heterocycles. The zero-order valence-corrected chi connectivity index (χ0v) is 15.4. The number of carbonyl (C=O) groups is 1. The number of nitrogens with one attached hydrogen (secondary N) is 1. The molecule has 2 aromatic rings. The molecule has 3 rings (SSSR count). The summed E-state index contributed by atoms with van der Waals surface area (Å²) in [4.78, 5) is 16.6. The van der Waals surface area contributed by atoms with E-state index in [0.717, 1.165) is 49.7 Å². The fraction of sp³-hybridized carbons (Fsp3) is 0.400. The summed E-state index contributed by atoms with van der Waals surface area (Å²) in [6, 6.07) is 10.3. The quantitative estimate of drug-likeness (QED) is 0.897. The number of carbonyl (C=O) groups excluding carboxylic acids is 1. The number of nitrogens with zero attached hydrogens (tertiary/aromatic N) is 3. The number of aryl methyl sites for hydroxylation is 2. The summed E-state index contributed by atoms with van der Waals surface area (Å²) in [6.45, 7) is 8.38. The lowest BCUT2D eigenvalue weighted by molar-refractivity contribution is 0.146. The lowest BCUT2D eigenvalue weighted by Gasteiger charge is -2.34. The first-order valence-electron chi connectivity index (χ1n) is 9.02. The van der Waals surface area contributed by atoms with Gasteiger partial charge in [0.25, 0.3) is 0 Å². The van der Waals surface area contributed by atoms with Crippen molar-refractivity contribution < 1.29 is 9.32 Å². The first kappa shape index (κ1) is 18.2. The van der Waals surface area contributed by atoms with E-state index in [1.165, 1.54) is 5.56 Å². The lowest BCUT2D eigenvalue weighted by atomic mass is 10.2. The second kappa shape index (κ2) is 8.67. The van der Waals surface area contributed by atoms with E-state index in [0.29, 0.717) is 6.54 Å². The molecule has 0 radical (unpaired) electrons. The molecule has 0 saturated carbocycles. The summed E-state index contributed by atoms with van der Waals surface area (Å²) < 4.78 is 5.13. The standard InChI is InChI=1S/C20H26N4O2/c1-16-19(17(2)26-22-16)15-21-20(25)24-13-11-23(12-14-24)10-6-9-18-7-4-3-5-8-18/h3-9H,10-15H2,1-2H3,(H,21,25)/b9-6+. The van der Waals surface area contributed by atoms with E-state index in [2.05, 4.69) is 39.7 Å². The normalized spacial score (nSPS) is 15.5. The first-order valence-corrected chi connectivity index (χ1v) is 9.02. The van der Waals surface area contributed by atoms with Crippen LogP contribution in [0.2, 0.25) is 0 Å². The van der Waals surface area contributed by atoms with E-state index in [1.54, 1.807) is 0 Å². The molecule has 1 aromatic heterocycles. The Balaban J connectivity index is 1.40. The molecular formula is C20H26N4O2. The number of benzene rings is 1. The summed E-state index contributed by atoms with van der Waals surface area (Å²) in [5.41, 5.74) is 3.01. The highest BCUT2D eigenvalue weighted by Gasteiger charge is 2.20. The molecule has 0 bridgehead atoms. The van der Waals surface area contributed by atoms with Gasteiger partial charge in [0.15, 0.2) is 0 Å². The molecule has 0 aliphatic carbocycles. The van der Waals surface area contributed by atoms with E-state index in [4.69, 9.17) is 4.52 Å². The maximum Gasteiger partial charge on any atom is 0.317 e. The smallest absolute Gasteiger partial charge is 0.317 e. The highest BCUT2D eigenvalue weighted by atomic mass is 16.5. The number of rotatable bonds is 5. The highest BCUT2D eigenvalue weighted by molar-refractivity contribution is 5.74. The van der Waals surface area contributed by atoms with Crippen molar-refractivity contribution >= 4 is 12.1 Å². The Bertz CT molecular complexity index is 727. The Labute approximate surface area is 154 Å². The zero-order chi connectivity index (χ0) is 18.4. The van der Waals surface area contributed by atoms with Crippen LogP contribution in [0.5, 0.6) is 0 Å². The molecule has 138 valence electrons. The van der Waals surface area contributed by atoms with Crippen LogP contribution in [-0.4, -0.2) is 53.7 Å². The van der Waals surface area contributed by atoms with Crippen molar-refractivity contribution in [3.63, 3.8) is 0 Å². The summed E-state index contributed by atoms with van der Waals surface area (Å²) >= 11 is 0. The van der Waals surface area contributed by atoms with Gasteiger partial charge >= 0.3 is 6.03 Å². The monoisotopic (exact) mass is 354 g/mol. The Morgan fingerprint density at radius 3 is 2.58 bits per heavy atom. The molecule has 0 unspecified atom stereocenters. The van der Waals surface area contributed by atoms with Gasteiger partial charge in [-0.1, -0.05) is 47.6 Å². The molecule has 1 aromatic carbocycles. The van der Waals surface area contributed by atoms with Gasteiger partial charge in [-0.2, -0.15) is 0 Å². The van der Waals surface area contributed by atoms with Gasteiger partial charge in [-0.15, -0.1) is 0 Å². The van der Waals surface area contributed by atoms with E-state index >= 15 is 0 Å². The van der Waals surface area contributed by atoms with Gasteiger partial charge in [-0.25, -0.2) is 4.79 Å². The molecule has 0 atom stereocenters. The van der Waals surface area contributed by atoms with Crippen molar-refractivity contribution in [2.45, 2.75) is 20.4 Å². The minimum absolute atomic E-state index is 0.0236. The van der Waals surface area contributed by atoms with Crippen LogP contribution in [0.4, 0.5) is 4.79 Å². The third-order valence-corrected chi connectivity index (χ3v) is 4.73. The Hall–Kier alpha value is -2.60. The minimum atomic E-state index is -0.0236. The highest BCUT2D eigenvalue weighted by Crippen LogP contribution is 2.12.